The molecule has 1 aliphatic carbocycles. The van der Waals surface area contributed by atoms with E-state index in [4.69, 9.17) is 14.2 Å². The van der Waals surface area contributed by atoms with Gasteiger partial charge in [0.05, 0.1) is 12.7 Å². The summed E-state index contributed by atoms with van der Waals surface area (Å²) < 4.78 is 16.8. The van der Waals surface area contributed by atoms with E-state index < -0.39 is 5.79 Å². The number of fused-ring (bicyclic) bond motifs is 5. The Labute approximate surface area is 101 Å². The largest absolute Gasteiger partial charge is 0.465 e. The van der Waals surface area contributed by atoms with E-state index in [1.165, 1.54) is 0 Å². The number of nitrogens with one attached hydrogen (secondary N) is 1. The van der Waals surface area contributed by atoms with Crippen LogP contribution in [0.5, 0.6) is 0 Å². The minimum atomic E-state index is -0.530. The Morgan fingerprint density at radius 2 is 2.12 bits per heavy atom. The number of carbonyl (C=O) groups excluding carboxylic acids is 1. The molecule has 2 bridgehead atoms. The predicted octanol–water partition coefficient (Wildman–Crippen LogP) is 0.430. The Morgan fingerprint density at radius 3 is 2.82 bits per heavy atom. The van der Waals surface area contributed by atoms with Gasteiger partial charge in [-0.1, -0.05) is 0 Å². The highest BCUT2D eigenvalue weighted by Crippen LogP contribution is 2.46. The van der Waals surface area contributed by atoms with E-state index in [1.807, 2.05) is 20.8 Å². The fraction of sp³-hybridized carbons (Fsp3) is 0.917. The molecular formula is C12H19NO4. The highest BCUT2D eigenvalue weighted by molar-refractivity contribution is 5.77. The van der Waals surface area contributed by atoms with Crippen LogP contribution < -0.4 is 5.32 Å². The summed E-state index contributed by atoms with van der Waals surface area (Å²) in [6, 6.07) is -0.000110. The highest BCUT2D eigenvalue weighted by atomic mass is 16.8. The number of rotatable bonds is 2. The second-order valence-corrected chi connectivity index (χ2v) is 5.47. The maximum absolute atomic E-state index is 11.8. The fourth-order valence-corrected chi connectivity index (χ4v) is 3.34. The van der Waals surface area contributed by atoms with E-state index in [0.717, 1.165) is 6.42 Å². The van der Waals surface area contributed by atoms with Gasteiger partial charge >= 0.3 is 5.97 Å². The Hall–Kier alpha value is -0.650. The van der Waals surface area contributed by atoms with Crippen molar-refractivity contribution in [3.05, 3.63) is 0 Å². The zero-order valence-electron chi connectivity index (χ0n) is 10.4. The summed E-state index contributed by atoms with van der Waals surface area (Å²) in [5.74, 6) is -0.505. The Balaban J connectivity index is 1.74. The standard InChI is InChI=1S/C12H19NO4/c1-4-15-11(14)8-6-5-7(13-8)10-9(6)16-12(2,3)17-10/h6-10,13H,4-5H2,1-3H3/t6-,7-,8-,9-,10+/m0/s1. The van der Waals surface area contributed by atoms with Crippen molar-refractivity contribution in [3.63, 3.8) is 0 Å². The topological polar surface area (TPSA) is 56.8 Å². The van der Waals surface area contributed by atoms with Gasteiger partial charge in [-0.2, -0.15) is 0 Å². The van der Waals surface area contributed by atoms with Crippen LogP contribution in [0.2, 0.25) is 0 Å². The molecule has 3 aliphatic rings. The maximum Gasteiger partial charge on any atom is 0.323 e. The summed E-state index contributed by atoms with van der Waals surface area (Å²) in [7, 11) is 0. The Bertz CT molecular complexity index is 343. The van der Waals surface area contributed by atoms with Crippen LogP contribution in [0.25, 0.3) is 0 Å². The molecule has 3 fully saturated rings. The van der Waals surface area contributed by atoms with Gasteiger partial charge in [-0.15, -0.1) is 0 Å². The molecule has 2 saturated heterocycles. The average molecular weight is 241 g/mol. The third kappa shape index (κ3) is 1.68. The number of piperidine rings is 1. The number of hydrogen-bond donors (Lipinski definition) is 1. The number of carbonyl (C=O) groups is 1. The van der Waals surface area contributed by atoms with Gasteiger partial charge in [-0.3, -0.25) is 10.1 Å². The van der Waals surface area contributed by atoms with Crippen molar-refractivity contribution in [2.24, 2.45) is 5.92 Å². The average Bonchev–Trinajstić information content (AvgIpc) is 2.85. The van der Waals surface area contributed by atoms with E-state index in [2.05, 4.69) is 5.32 Å². The Kier molecular flexibility index (Phi) is 2.47. The van der Waals surface area contributed by atoms with Gasteiger partial charge in [0, 0.05) is 12.0 Å². The zero-order chi connectivity index (χ0) is 12.2. The van der Waals surface area contributed by atoms with Gasteiger partial charge in [0.2, 0.25) is 0 Å². The molecule has 3 rings (SSSR count). The molecule has 0 aromatic rings. The molecule has 5 heteroatoms. The Morgan fingerprint density at radius 1 is 1.41 bits per heavy atom. The molecule has 5 nitrogen and oxygen atoms in total. The first-order valence-corrected chi connectivity index (χ1v) is 6.30. The van der Waals surface area contributed by atoms with Crippen molar-refractivity contribution in [2.75, 3.05) is 6.61 Å². The molecule has 17 heavy (non-hydrogen) atoms. The zero-order valence-corrected chi connectivity index (χ0v) is 10.4. The monoisotopic (exact) mass is 241 g/mol. The molecule has 2 aliphatic heterocycles. The summed E-state index contributed by atoms with van der Waals surface area (Å²) in [6.07, 6.45) is 1.06. The third-order valence-electron chi connectivity index (χ3n) is 3.87. The molecule has 0 amide bonds. The van der Waals surface area contributed by atoms with E-state index in [1.54, 1.807) is 0 Å². The van der Waals surface area contributed by atoms with Crippen LogP contribution in [0.4, 0.5) is 0 Å². The molecule has 5 atom stereocenters. The second kappa shape index (κ2) is 3.67. The predicted molar refractivity (Wildman–Crippen MR) is 59.3 cm³/mol. The molecular weight excluding hydrogens is 222 g/mol. The summed E-state index contributed by atoms with van der Waals surface area (Å²) >= 11 is 0. The van der Waals surface area contributed by atoms with E-state index in [-0.39, 0.29) is 36.2 Å². The fourth-order valence-electron chi connectivity index (χ4n) is 3.34. The van der Waals surface area contributed by atoms with E-state index >= 15 is 0 Å². The summed E-state index contributed by atoms with van der Waals surface area (Å²) in [6.45, 7) is 6.09. The minimum Gasteiger partial charge on any atom is -0.465 e. The smallest absolute Gasteiger partial charge is 0.323 e. The number of ether oxygens (including phenoxy) is 3. The van der Waals surface area contributed by atoms with Gasteiger partial charge in [0.1, 0.15) is 12.1 Å². The lowest BCUT2D eigenvalue weighted by molar-refractivity contribution is -0.158. The number of hydrogen-bond acceptors (Lipinski definition) is 5. The lowest BCUT2D eigenvalue weighted by Gasteiger charge is -2.28. The summed E-state index contributed by atoms with van der Waals surface area (Å²) in [5, 5.41) is 3.30. The van der Waals surface area contributed by atoms with Gasteiger partial charge in [-0.05, 0) is 27.2 Å². The van der Waals surface area contributed by atoms with Crippen molar-refractivity contribution < 1.29 is 19.0 Å². The maximum atomic E-state index is 11.8. The van der Waals surface area contributed by atoms with Crippen molar-refractivity contribution in [1.29, 1.82) is 0 Å². The van der Waals surface area contributed by atoms with Crippen LogP contribution >= 0.6 is 0 Å². The van der Waals surface area contributed by atoms with Crippen LogP contribution in [0.15, 0.2) is 0 Å². The number of esters is 1. The van der Waals surface area contributed by atoms with Crippen LogP contribution in [0.1, 0.15) is 27.2 Å². The van der Waals surface area contributed by atoms with E-state index in [9.17, 15) is 4.79 Å². The van der Waals surface area contributed by atoms with Gasteiger partial charge in [0.15, 0.2) is 5.79 Å². The first-order chi connectivity index (χ1) is 8.02. The molecule has 0 radical (unpaired) electrons. The SMILES string of the molecule is CCOC(=O)[C@H]1N[C@H]2C[C@@H]1[C@@H]1OC(C)(C)O[C@@H]12. The molecule has 0 aromatic heterocycles. The molecule has 2 heterocycles. The van der Waals surface area contributed by atoms with Crippen LogP contribution in [-0.4, -0.2) is 42.7 Å². The van der Waals surface area contributed by atoms with Crippen molar-refractivity contribution in [2.45, 2.75) is 57.3 Å². The molecule has 0 aromatic carbocycles. The highest BCUT2D eigenvalue weighted by Gasteiger charge is 2.61. The summed E-state index contributed by atoms with van der Waals surface area (Å²) in [5.41, 5.74) is 0. The van der Waals surface area contributed by atoms with Crippen LogP contribution in [0, 0.1) is 5.92 Å². The van der Waals surface area contributed by atoms with Gasteiger partial charge < -0.3 is 14.2 Å². The quantitative estimate of drug-likeness (QED) is 0.710. The molecule has 1 saturated carbocycles. The van der Waals surface area contributed by atoms with Crippen molar-refractivity contribution in [1.82, 2.24) is 5.32 Å². The first-order valence-electron chi connectivity index (χ1n) is 6.30. The van der Waals surface area contributed by atoms with Crippen molar-refractivity contribution in [3.8, 4) is 0 Å². The van der Waals surface area contributed by atoms with Gasteiger partial charge in [0.25, 0.3) is 0 Å². The lowest BCUT2D eigenvalue weighted by Crippen LogP contribution is -2.53. The molecule has 0 unspecified atom stereocenters. The van der Waals surface area contributed by atoms with Crippen LogP contribution in [-0.2, 0) is 19.0 Å². The van der Waals surface area contributed by atoms with Gasteiger partial charge in [-0.25, -0.2) is 0 Å². The third-order valence-corrected chi connectivity index (χ3v) is 3.87. The molecule has 0 spiro atoms. The second-order valence-electron chi connectivity index (χ2n) is 5.47. The van der Waals surface area contributed by atoms with E-state index in [0.29, 0.717) is 6.61 Å². The summed E-state index contributed by atoms with van der Waals surface area (Å²) in [4.78, 5) is 11.8. The van der Waals surface area contributed by atoms with Crippen molar-refractivity contribution >= 4 is 5.97 Å². The minimum absolute atomic E-state index is 0.0330. The first kappa shape index (κ1) is 11.4. The molecule has 96 valence electrons. The normalized spacial score (nSPS) is 45.9. The lowest BCUT2D eigenvalue weighted by atomic mass is 9.96. The van der Waals surface area contributed by atoms with Crippen LogP contribution in [0.3, 0.4) is 0 Å². The molecule has 1 N–H and O–H groups in total.